The van der Waals surface area contributed by atoms with Gasteiger partial charge in [0, 0.05) is 49.8 Å². The summed E-state index contributed by atoms with van der Waals surface area (Å²) in [6.07, 6.45) is 6.21. The Labute approximate surface area is 217 Å². The largest absolute Gasteiger partial charge is 0.465 e. The van der Waals surface area contributed by atoms with E-state index in [-0.39, 0.29) is 24.3 Å². The van der Waals surface area contributed by atoms with Crippen molar-refractivity contribution in [2.24, 2.45) is 5.92 Å². The van der Waals surface area contributed by atoms with Crippen LogP contribution in [-0.4, -0.2) is 52.9 Å². The predicted octanol–water partition coefficient (Wildman–Crippen LogP) is 4.90. The highest BCUT2D eigenvalue weighted by Gasteiger charge is 2.47. The number of anilines is 1. The molecule has 1 aromatic heterocycles. The van der Waals surface area contributed by atoms with Crippen molar-refractivity contribution >= 4 is 17.7 Å². The van der Waals surface area contributed by atoms with Crippen LogP contribution in [0.4, 0.5) is 10.5 Å². The summed E-state index contributed by atoms with van der Waals surface area (Å²) in [6, 6.07) is 15.8. The molecule has 4 atom stereocenters. The van der Waals surface area contributed by atoms with E-state index in [2.05, 4.69) is 46.5 Å². The van der Waals surface area contributed by atoms with E-state index in [0.29, 0.717) is 12.1 Å². The first-order valence-corrected chi connectivity index (χ1v) is 12.7. The van der Waals surface area contributed by atoms with Crippen LogP contribution in [0, 0.1) is 5.92 Å². The molecule has 194 valence electrons. The Hall–Kier alpha value is -3.78. The van der Waals surface area contributed by atoms with Crippen molar-refractivity contribution in [2.75, 3.05) is 18.6 Å². The third kappa shape index (κ3) is 6.51. The van der Waals surface area contributed by atoms with Gasteiger partial charge in [-0.2, -0.15) is 0 Å². The molecule has 4 rings (SSSR count). The number of aryl methyl sites for hydroxylation is 1. The molecule has 3 aromatic rings. The Morgan fingerprint density at radius 1 is 1.11 bits per heavy atom. The summed E-state index contributed by atoms with van der Waals surface area (Å²) in [5.41, 5.74) is 4.97. The van der Waals surface area contributed by atoms with Crippen molar-refractivity contribution in [1.29, 1.82) is 0 Å². The Balaban J connectivity index is 1.59. The highest BCUT2D eigenvalue weighted by Crippen LogP contribution is 2.48. The maximum Gasteiger partial charge on any atom is 0.405 e. The fraction of sp³-hybridized carbons (Fsp3) is 0.379. The second-order valence-electron chi connectivity index (χ2n) is 9.52. The van der Waals surface area contributed by atoms with Gasteiger partial charge in [-0.1, -0.05) is 49.7 Å². The first kappa shape index (κ1) is 26.3. The number of rotatable bonds is 11. The Kier molecular flexibility index (Phi) is 8.50. The molecule has 2 N–H and O–H groups in total. The van der Waals surface area contributed by atoms with Crippen LogP contribution >= 0.6 is 0 Å². The van der Waals surface area contributed by atoms with E-state index in [9.17, 15) is 14.7 Å². The third-order valence-corrected chi connectivity index (χ3v) is 6.97. The molecule has 2 amide bonds. The van der Waals surface area contributed by atoms with Crippen molar-refractivity contribution in [1.82, 2.24) is 15.3 Å². The summed E-state index contributed by atoms with van der Waals surface area (Å²) in [7, 11) is 1.53. The van der Waals surface area contributed by atoms with Crippen LogP contribution in [0.3, 0.4) is 0 Å². The van der Waals surface area contributed by atoms with Crippen LogP contribution in [0.1, 0.15) is 43.9 Å². The highest BCUT2D eigenvalue weighted by atomic mass is 16.5. The molecule has 0 saturated heterocycles. The SMILES string of the molecule is CCCc1ccc(-c2ccc(N(C[C@@H](NC(=O)O)[C@@H](C)OC)C(=O)[C@@H]3C[C@H]3c3cnccn3)cc2)cc1. The van der Waals surface area contributed by atoms with Gasteiger partial charge in [-0.05, 0) is 48.6 Å². The molecule has 1 heterocycles. The van der Waals surface area contributed by atoms with Crippen LogP contribution in [0.25, 0.3) is 11.1 Å². The number of hydrogen-bond donors (Lipinski definition) is 2. The molecule has 0 bridgehead atoms. The van der Waals surface area contributed by atoms with Crippen LogP contribution in [0.15, 0.2) is 67.1 Å². The van der Waals surface area contributed by atoms with Gasteiger partial charge in [0.25, 0.3) is 0 Å². The van der Waals surface area contributed by atoms with Gasteiger partial charge in [-0.15, -0.1) is 0 Å². The lowest BCUT2D eigenvalue weighted by atomic mass is 10.0. The minimum atomic E-state index is -1.16. The molecule has 8 heteroatoms. The number of carbonyl (C=O) groups excluding carboxylic acids is 1. The lowest BCUT2D eigenvalue weighted by Gasteiger charge is -2.31. The van der Waals surface area contributed by atoms with E-state index in [1.807, 2.05) is 24.3 Å². The second kappa shape index (κ2) is 12.0. The average molecular weight is 503 g/mol. The predicted molar refractivity (Wildman–Crippen MR) is 143 cm³/mol. The first-order valence-electron chi connectivity index (χ1n) is 12.7. The van der Waals surface area contributed by atoms with E-state index in [4.69, 9.17) is 4.74 Å². The van der Waals surface area contributed by atoms with Crippen LogP contribution in [0.2, 0.25) is 0 Å². The molecule has 0 radical (unpaired) electrons. The smallest absolute Gasteiger partial charge is 0.405 e. The summed E-state index contributed by atoms with van der Waals surface area (Å²) in [4.78, 5) is 35.4. The van der Waals surface area contributed by atoms with E-state index in [1.54, 1.807) is 30.4 Å². The maximum absolute atomic E-state index is 13.7. The summed E-state index contributed by atoms with van der Waals surface area (Å²) < 4.78 is 5.42. The molecular weight excluding hydrogens is 468 g/mol. The average Bonchev–Trinajstić information content (AvgIpc) is 3.72. The van der Waals surface area contributed by atoms with Crippen molar-refractivity contribution in [3.05, 3.63) is 78.4 Å². The molecule has 0 unspecified atom stereocenters. The molecule has 0 spiro atoms. The van der Waals surface area contributed by atoms with Gasteiger partial charge < -0.3 is 20.1 Å². The first-order chi connectivity index (χ1) is 17.9. The van der Waals surface area contributed by atoms with Gasteiger partial charge in [0.1, 0.15) is 0 Å². The molecule has 8 nitrogen and oxygen atoms in total. The maximum atomic E-state index is 13.7. The zero-order chi connectivity index (χ0) is 26.4. The van der Waals surface area contributed by atoms with Crippen molar-refractivity contribution in [3.63, 3.8) is 0 Å². The van der Waals surface area contributed by atoms with E-state index < -0.39 is 18.2 Å². The summed E-state index contributed by atoms with van der Waals surface area (Å²) in [5, 5.41) is 11.9. The Morgan fingerprint density at radius 3 is 2.35 bits per heavy atom. The molecule has 1 aliphatic rings. The minimum Gasteiger partial charge on any atom is -0.465 e. The topological polar surface area (TPSA) is 105 Å². The number of carboxylic acid groups (broad SMARTS) is 1. The van der Waals surface area contributed by atoms with Crippen molar-refractivity contribution in [3.8, 4) is 11.1 Å². The number of carbonyl (C=O) groups is 2. The van der Waals surface area contributed by atoms with Gasteiger partial charge in [-0.3, -0.25) is 14.8 Å². The van der Waals surface area contributed by atoms with Gasteiger partial charge in [0.15, 0.2) is 0 Å². The monoisotopic (exact) mass is 502 g/mol. The normalized spacial score (nSPS) is 18.0. The third-order valence-electron chi connectivity index (χ3n) is 6.97. The van der Waals surface area contributed by atoms with Gasteiger partial charge in [0.2, 0.25) is 5.91 Å². The standard InChI is InChI=1S/C29H34N4O4/c1-4-5-20-6-8-21(9-7-20)22-10-12-23(13-11-22)33(18-27(19(2)37-3)32-29(35)36)28(34)25-16-24(25)26-17-30-14-15-31-26/h6-15,17,19,24-25,27,32H,4-5,16,18H2,1-3H3,(H,35,36)/t19-,24-,25-,27-/m1/s1. The molecule has 37 heavy (non-hydrogen) atoms. The lowest BCUT2D eigenvalue weighted by Crippen LogP contribution is -2.51. The van der Waals surface area contributed by atoms with Gasteiger partial charge >= 0.3 is 6.09 Å². The molecule has 0 aliphatic heterocycles. The van der Waals surface area contributed by atoms with Gasteiger partial charge in [-0.25, -0.2) is 4.79 Å². The number of hydrogen-bond acceptors (Lipinski definition) is 5. The van der Waals surface area contributed by atoms with Crippen LogP contribution < -0.4 is 10.2 Å². The lowest BCUT2D eigenvalue weighted by molar-refractivity contribution is -0.120. The number of aromatic nitrogens is 2. The molecule has 2 aromatic carbocycles. The number of methoxy groups -OCH3 is 1. The fourth-order valence-corrected chi connectivity index (χ4v) is 4.64. The van der Waals surface area contributed by atoms with Crippen LogP contribution in [-0.2, 0) is 16.0 Å². The Bertz CT molecular complexity index is 1180. The van der Waals surface area contributed by atoms with E-state index in [0.717, 1.165) is 29.7 Å². The summed E-state index contributed by atoms with van der Waals surface area (Å²) in [6.45, 7) is 4.10. The highest BCUT2D eigenvalue weighted by molar-refractivity contribution is 5.97. The molecule has 1 aliphatic carbocycles. The van der Waals surface area contributed by atoms with Crippen molar-refractivity contribution in [2.45, 2.75) is 51.2 Å². The zero-order valence-corrected chi connectivity index (χ0v) is 21.5. The minimum absolute atomic E-state index is 0.00957. The number of nitrogens with one attached hydrogen (secondary N) is 1. The number of nitrogens with zero attached hydrogens (tertiary/aromatic N) is 3. The molecular formula is C29H34N4O4. The zero-order valence-electron chi connectivity index (χ0n) is 21.5. The second-order valence-corrected chi connectivity index (χ2v) is 9.52. The number of ether oxygens (including phenoxy) is 1. The van der Waals surface area contributed by atoms with Crippen LogP contribution in [0.5, 0.6) is 0 Å². The summed E-state index contributed by atoms with van der Waals surface area (Å²) in [5.74, 6) is -0.283. The summed E-state index contributed by atoms with van der Waals surface area (Å²) >= 11 is 0. The Morgan fingerprint density at radius 2 is 1.78 bits per heavy atom. The molecule has 1 saturated carbocycles. The van der Waals surface area contributed by atoms with Gasteiger partial charge in [0.05, 0.1) is 17.8 Å². The van der Waals surface area contributed by atoms with Crippen molar-refractivity contribution < 1.29 is 19.4 Å². The van der Waals surface area contributed by atoms with E-state index >= 15 is 0 Å². The quantitative estimate of drug-likeness (QED) is 0.386. The number of amides is 2. The molecule has 1 fully saturated rings. The van der Waals surface area contributed by atoms with E-state index in [1.165, 1.54) is 12.7 Å². The fourth-order valence-electron chi connectivity index (χ4n) is 4.64. The number of benzene rings is 2.